The summed E-state index contributed by atoms with van der Waals surface area (Å²) in [7, 11) is 0. The minimum absolute atomic E-state index is 0.0148. The maximum absolute atomic E-state index is 12.2. The number of amides is 2. The van der Waals surface area contributed by atoms with Gasteiger partial charge in [-0.25, -0.2) is 14.8 Å². The lowest BCUT2D eigenvalue weighted by Crippen LogP contribution is -2.50. The first-order valence-electron chi connectivity index (χ1n) is 7.61. The van der Waals surface area contributed by atoms with E-state index in [1.165, 1.54) is 0 Å². The molecular formula is C16H13ClN6O2. The van der Waals surface area contributed by atoms with Crippen molar-refractivity contribution in [3.05, 3.63) is 53.6 Å². The van der Waals surface area contributed by atoms with Crippen LogP contribution in [0.25, 0.3) is 11.6 Å². The van der Waals surface area contributed by atoms with E-state index in [1.807, 2.05) is 0 Å². The molecule has 3 heterocycles. The zero-order chi connectivity index (χ0) is 17.2. The summed E-state index contributed by atoms with van der Waals surface area (Å²) in [6.45, 7) is 1.02. The van der Waals surface area contributed by atoms with Crippen LogP contribution in [0.3, 0.4) is 0 Å². The van der Waals surface area contributed by atoms with Gasteiger partial charge in [-0.2, -0.15) is 4.98 Å². The van der Waals surface area contributed by atoms with E-state index in [1.54, 1.807) is 47.6 Å². The largest absolute Gasteiger partial charge is 0.338 e. The molecule has 0 bridgehead atoms. The van der Waals surface area contributed by atoms with Crippen LogP contribution in [-0.2, 0) is 0 Å². The SMILES string of the molecule is O=C(Nc1ccc(Cl)cc1)N1CC(c2nc(-c3ncccn3)no2)C1. The number of rotatable bonds is 3. The average Bonchev–Trinajstić information content (AvgIpc) is 3.06. The monoisotopic (exact) mass is 356 g/mol. The number of benzene rings is 1. The van der Waals surface area contributed by atoms with Crippen molar-refractivity contribution >= 4 is 23.3 Å². The Morgan fingerprint density at radius 3 is 2.60 bits per heavy atom. The number of likely N-dealkylation sites (tertiary alicyclic amines) is 1. The van der Waals surface area contributed by atoms with E-state index in [4.69, 9.17) is 16.1 Å². The normalized spacial score (nSPS) is 14.2. The Morgan fingerprint density at radius 2 is 1.88 bits per heavy atom. The van der Waals surface area contributed by atoms with E-state index in [-0.39, 0.29) is 11.9 Å². The lowest BCUT2D eigenvalue weighted by Gasteiger charge is -2.36. The van der Waals surface area contributed by atoms with Crippen LogP contribution in [0.2, 0.25) is 5.02 Å². The van der Waals surface area contributed by atoms with E-state index >= 15 is 0 Å². The lowest BCUT2D eigenvalue weighted by molar-refractivity contribution is 0.147. The molecule has 25 heavy (non-hydrogen) atoms. The Morgan fingerprint density at radius 1 is 1.16 bits per heavy atom. The highest BCUT2D eigenvalue weighted by Crippen LogP contribution is 2.27. The van der Waals surface area contributed by atoms with E-state index in [0.717, 1.165) is 0 Å². The van der Waals surface area contributed by atoms with Crippen molar-refractivity contribution in [2.75, 3.05) is 18.4 Å². The minimum atomic E-state index is -0.176. The molecule has 1 aliphatic heterocycles. The van der Waals surface area contributed by atoms with Crippen molar-refractivity contribution < 1.29 is 9.32 Å². The summed E-state index contributed by atoms with van der Waals surface area (Å²) >= 11 is 5.83. The first kappa shape index (κ1) is 15.5. The van der Waals surface area contributed by atoms with Gasteiger partial charge in [-0.1, -0.05) is 16.8 Å². The van der Waals surface area contributed by atoms with Crippen LogP contribution in [0.4, 0.5) is 10.5 Å². The Kier molecular flexibility index (Phi) is 4.02. The lowest BCUT2D eigenvalue weighted by atomic mass is 10.0. The minimum Gasteiger partial charge on any atom is -0.338 e. The number of anilines is 1. The van der Waals surface area contributed by atoms with Gasteiger partial charge in [0, 0.05) is 36.2 Å². The third-order valence-electron chi connectivity index (χ3n) is 3.82. The van der Waals surface area contributed by atoms with Gasteiger partial charge in [0.1, 0.15) is 0 Å². The Bertz CT molecular complexity index is 877. The van der Waals surface area contributed by atoms with Gasteiger partial charge in [0.15, 0.2) is 0 Å². The Hall–Kier alpha value is -3.00. The van der Waals surface area contributed by atoms with Crippen molar-refractivity contribution in [2.24, 2.45) is 0 Å². The predicted octanol–water partition coefficient (Wildman–Crippen LogP) is 2.81. The van der Waals surface area contributed by atoms with Crippen LogP contribution in [-0.4, -0.2) is 44.1 Å². The van der Waals surface area contributed by atoms with Crippen LogP contribution >= 0.6 is 11.6 Å². The predicted molar refractivity (Wildman–Crippen MR) is 90.1 cm³/mol. The fraction of sp³-hybridized carbons (Fsp3) is 0.188. The van der Waals surface area contributed by atoms with Crippen molar-refractivity contribution in [3.8, 4) is 11.6 Å². The summed E-state index contributed by atoms with van der Waals surface area (Å²) in [6.07, 6.45) is 3.23. The molecule has 0 saturated carbocycles. The second-order valence-electron chi connectivity index (χ2n) is 5.57. The second kappa shape index (κ2) is 6.48. The molecule has 0 aliphatic carbocycles. The average molecular weight is 357 g/mol. The van der Waals surface area contributed by atoms with Gasteiger partial charge >= 0.3 is 6.03 Å². The molecular weight excluding hydrogens is 344 g/mol. The van der Waals surface area contributed by atoms with Gasteiger partial charge in [0.05, 0.1) is 5.92 Å². The number of carbonyl (C=O) groups is 1. The molecule has 0 radical (unpaired) electrons. The maximum Gasteiger partial charge on any atom is 0.321 e. The smallest absolute Gasteiger partial charge is 0.321 e. The molecule has 4 rings (SSSR count). The standard InChI is InChI=1S/C16H13ClN6O2/c17-11-2-4-12(5-3-11)20-16(24)23-8-10(9-23)15-21-14(22-25-15)13-18-6-1-7-19-13/h1-7,10H,8-9H2,(H,20,24). The molecule has 1 fully saturated rings. The third kappa shape index (κ3) is 3.29. The summed E-state index contributed by atoms with van der Waals surface area (Å²) in [6, 6.07) is 8.49. The Labute approximate surface area is 147 Å². The molecule has 1 N–H and O–H groups in total. The molecule has 0 spiro atoms. The first-order valence-corrected chi connectivity index (χ1v) is 7.99. The van der Waals surface area contributed by atoms with Gasteiger partial charge < -0.3 is 14.7 Å². The first-order chi connectivity index (χ1) is 12.2. The highest BCUT2D eigenvalue weighted by molar-refractivity contribution is 6.30. The van der Waals surface area contributed by atoms with E-state index in [9.17, 15) is 4.79 Å². The third-order valence-corrected chi connectivity index (χ3v) is 4.07. The zero-order valence-corrected chi connectivity index (χ0v) is 13.7. The zero-order valence-electron chi connectivity index (χ0n) is 13.0. The van der Waals surface area contributed by atoms with Gasteiger partial charge in [-0.05, 0) is 30.3 Å². The fourth-order valence-electron chi connectivity index (χ4n) is 2.44. The van der Waals surface area contributed by atoms with Gasteiger partial charge in [-0.3, -0.25) is 0 Å². The summed E-state index contributed by atoms with van der Waals surface area (Å²) in [4.78, 5) is 26.3. The molecule has 0 atom stereocenters. The van der Waals surface area contributed by atoms with Gasteiger partial charge in [0.25, 0.3) is 0 Å². The van der Waals surface area contributed by atoms with Crippen molar-refractivity contribution in [1.29, 1.82) is 0 Å². The van der Waals surface area contributed by atoms with E-state index in [2.05, 4.69) is 25.4 Å². The topological polar surface area (TPSA) is 97.0 Å². The van der Waals surface area contributed by atoms with Crippen LogP contribution in [0.5, 0.6) is 0 Å². The quantitative estimate of drug-likeness (QED) is 0.775. The number of aromatic nitrogens is 4. The summed E-state index contributed by atoms with van der Waals surface area (Å²) < 4.78 is 5.27. The van der Waals surface area contributed by atoms with Crippen molar-refractivity contribution in [2.45, 2.75) is 5.92 Å². The summed E-state index contributed by atoms with van der Waals surface area (Å²) in [5.41, 5.74) is 0.694. The number of hydrogen-bond donors (Lipinski definition) is 1. The molecule has 8 nitrogen and oxygen atoms in total. The van der Waals surface area contributed by atoms with Crippen molar-refractivity contribution in [3.63, 3.8) is 0 Å². The molecule has 126 valence electrons. The summed E-state index contributed by atoms with van der Waals surface area (Å²) in [5, 5.41) is 7.33. The van der Waals surface area contributed by atoms with E-state index < -0.39 is 0 Å². The van der Waals surface area contributed by atoms with Crippen LogP contribution in [0, 0.1) is 0 Å². The molecule has 2 aromatic heterocycles. The Balaban J connectivity index is 1.35. The fourth-order valence-corrected chi connectivity index (χ4v) is 2.57. The number of nitrogens with zero attached hydrogens (tertiary/aromatic N) is 5. The number of hydrogen-bond acceptors (Lipinski definition) is 6. The molecule has 3 aromatic rings. The highest BCUT2D eigenvalue weighted by atomic mass is 35.5. The van der Waals surface area contributed by atoms with E-state index in [0.29, 0.717) is 41.3 Å². The molecule has 0 unspecified atom stereocenters. The molecule has 9 heteroatoms. The molecule has 1 saturated heterocycles. The molecule has 1 aromatic carbocycles. The van der Waals surface area contributed by atoms with Crippen LogP contribution < -0.4 is 5.32 Å². The number of urea groups is 1. The van der Waals surface area contributed by atoms with Gasteiger partial charge in [0.2, 0.25) is 17.5 Å². The van der Waals surface area contributed by atoms with Crippen LogP contribution in [0.1, 0.15) is 11.8 Å². The summed E-state index contributed by atoms with van der Waals surface area (Å²) in [5.74, 6) is 1.26. The van der Waals surface area contributed by atoms with Crippen LogP contribution in [0.15, 0.2) is 47.2 Å². The number of nitrogens with one attached hydrogen (secondary N) is 1. The molecule has 2 amide bonds. The van der Waals surface area contributed by atoms with Crippen molar-refractivity contribution in [1.82, 2.24) is 25.0 Å². The highest BCUT2D eigenvalue weighted by Gasteiger charge is 2.36. The van der Waals surface area contributed by atoms with Gasteiger partial charge in [-0.15, -0.1) is 0 Å². The molecule has 1 aliphatic rings. The maximum atomic E-state index is 12.2. The number of halogens is 1. The second-order valence-corrected chi connectivity index (χ2v) is 6.00. The number of carbonyl (C=O) groups excluding carboxylic acids is 1.